The Balaban J connectivity index is 1.42. The van der Waals surface area contributed by atoms with Crippen LogP contribution >= 0.6 is 57.9 Å². The molecule has 0 fully saturated rings. The summed E-state index contributed by atoms with van der Waals surface area (Å²) in [5, 5.41) is 1.76. The molecule has 0 unspecified atom stereocenters. The Kier molecular flexibility index (Phi) is 8.30. The summed E-state index contributed by atoms with van der Waals surface area (Å²) in [5.41, 5.74) is 2.32. The van der Waals surface area contributed by atoms with Gasteiger partial charge in [0.05, 0.1) is 21.7 Å². The average molecular weight is 574 g/mol. The zero-order valence-electron chi connectivity index (χ0n) is 17.6. The number of aromatic nitrogens is 1. The van der Waals surface area contributed by atoms with E-state index in [2.05, 4.69) is 4.72 Å². The molecule has 4 rings (SSSR count). The van der Waals surface area contributed by atoms with E-state index in [1.807, 2.05) is 18.2 Å². The monoisotopic (exact) mass is 572 g/mol. The number of hydrogen-bond donors (Lipinski definition) is 1. The second-order valence-corrected chi connectivity index (χ2v) is 12.4. The molecule has 5 nitrogen and oxygen atoms in total. The first-order chi connectivity index (χ1) is 16.3. The van der Waals surface area contributed by atoms with Crippen LogP contribution in [0.5, 0.6) is 0 Å². The highest BCUT2D eigenvalue weighted by Crippen LogP contribution is 2.28. The Bertz CT molecular complexity index is 1480. The van der Waals surface area contributed by atoms with Crippen molar-refractivity contribution in [2.45, 2.75) is 17.2 Å². The van der Waals surface area contributed by atoms with Gasteiger partial charge >= 0.3 is 4.87 Å². The predicted molar refractivity (Wildman–Crippen MR) is 144 cm³/mol. The minimum atomic E-state index is -3.72. The van der Waals surface area contributed by atoms with Crippen molar-refractivity contribution in [2.24, 2.45) is 0 Å². The van der Waals surface area contributed by atoms with Crippen molar-refractivity contribution in [3.05, 3.63) is 96.5 Å². The maximum absolute atomic E-state index is 12.8. The molecule has 1 heterocycles. The van der Waals surface area contributed by atoms with E-state index >= 15 is 0 Å². The van der Waals surface area contributed by atoms with E-state index in [1.165, 1.54) is 23.9 Å². The lowest BCUT2D eigenvalue weighted by molar-refractivity contribution is 0.584. The van der Waals surface area contributed by atoms with Gasteiger partial charge in [-0.15, -0.1) is 0 Å². The first-order valence-corrected chi connectivity index (χ1v) is 14.7. The lowest BCUT2D eigenvalue weighted by Crippen LogP contribution is -2.26. The van der Waals surface area contributed by atoms with E-state index in [1.54, 1.807) is 34.9 Å². The molecule has 0 radical (unpaired) electrons. The molecule has 1 aromatic heterocycles. The summed E-state index contributed by atoms with van der Waals surface area (Å²) in [6.07, 6.45) is 0. The van der Waals surface area contributed by atoms with Crippen molar-refractivity contribution in [2.75, 3.05) is 12.3 Å². The van der Waals surface area contributed by atoms with Crippen molar-refractivity contribution >= 4 is 78.1 Å². The number of fused-ring (bicyclic) bond motifs is 1. The third-order valence-electron chi connectivity index (χ3n) is 5.08. The largest absolute Gasteiger partial charge is 0.308 e. The molecule has 11 heteroatoms. The van der Waals surface area contributed by atoms with Crippen LogP contribution in [0.1, 0.15) is 11.1 Å². The quantitative estimate of drug-likeness (QED) is 0.239. The SMILES string of the molecule is O=c1sc2cc(S(=O)(=O)NCCSCc3c(Cl)cccc3Cl)ccc2n1Cc1ccccc1Cl. The highest BCUT2D eigenvalue weighted by atomic mass is 35.5. The number of rotatable bonds is 9. The topological polar surface area (TPSA) is 68.2 Å². The van der Waals surface area contributed by atoms with Gasteiger partial charge in [-0.3, -0.25) is 9.36 Å². The van der Waals surface area contributed by atoms with E-state index in [0.29, 0.717) is 43.3 Å². The van der Waals surface area contributed by atoms with E-state index in [-0.39, 0.29) is 16.3 Å². The molecule has 4 aromatic rings. The van der Waals surface area contributed by atoms with Crippen LogP contribution in [0.15, 0.2) is 70.4 Å². The van der Waals surface area contributed by atoms with Crippen LogP contribution in [0.4, 0.5) is 0 Å². The summed E-state index contributed by atoms with van der Waals surface area (Å²) < 4.78 is 30.4. The van der Waals surface area contributed by atoms with Gasteiger partial charge < -0.3 is 0 Å². The number of sulfonamides is 1. The van der Waals surface area contributed by atoms with Crippen molar-refractivity contribution in [3.63, 3.8) is 0 Å². The fourth-order valence-electron chi connectivity index (χ4n) is 3.34. The number of halogens is 3. The van der Waals surface area contributed by atoms with Gasteiger partial charge in [0, 0.05) is 33.1 Å². The molecule has 0 aliphatic rings. The third kappa shape index (κ3) is 5.82. The maximum Gasteiger partial charge on any atom is 0.308 e. The minimum Gasteiger partial charge on any atom is -0.294 e. The van der Waals surface area contributed by atoms with Gasteiger partial charge in [-0.1, -0.05) is 70.4 Å². The number of thioether (sulfide) groups is 1. The van der Waals surface area contributed by atoms with Crippen LogP contribution in [0.2, 0.25) is 15.1 Å². The van der Waals surface area contributed by atoms with Crippen LogP contribution in [0.25, 0.3) is 10.2 Å². The first-order valence-electron chi connectivity index (χ1n) is 10.1. The normalized spacial score (nSPS) is 11.9. The van der Waals surface area contributed by atoms with Gasteiger partial charge in [-0.2, -0.15) is 11.8 Å². The van der Waals surface area contributed by atoms with Crippen molar-refractivity contribution in [1.29, 1.82) is 0 Å². The summed E-state index contributed by atoms with van der Waals surface area (Å²) in [4.78, 5) is 12.5. The molecule has 3 aromatic carbocycles. The Morgan fingerprint density at radius 2 is 1.65 bits per heavy atom. The van der Waals surface area contributed by atoms with Crippen molar-refractivity contribution < 1.29 is 8.42 Å². The van der Waals surface area contributed by atoms with Crippen LogP contribution < -0.4 is 9.60 Å². The van der Waals surface area contributed by atoms with E-state index < -0.39 is 10.0 Å². The van der Waals surface area contributed by atoms with E-state index in [9.17, 15) is 13.2 Å². The summed E-state index contributed by atoms with van der Waals surface area (Å²) in [6.45, 7) is 0.562. The summed E-state index contributed by atoms with van der Waals surface area (Å²) >= 11 is 21.1. The van der Waals surface area contributed by atoms with E-state index in [4.69, 9.17) is 34.8 Å². The fraction of sp³-hybridized carbons (Fsp3) is 0.174. The van der Waals surface area contributed by atoms with Gasteiger partial charge in [-0.25, -0.2) is 13.1 Å². The Morgan fingerprint density at radius 3 is 2.38 bits per heavy atom. The molecule has 0 amide bonds. The number of nitrogens with zero attached hydrogens (tertiary/aromatic N) is 1. The Labute approximate surface area is 220 Å². The number of benzene rings is 3. The zero-order chi connectivity index (χ0) is 24.3. The average Bonchev–Trinajstić information content (AvgIpc) is 3.11. The molecule has 0 bridgehead atoms. The second kappa shape index (κ2) is 11.0. The molecule has 0 saturated carbocycles. The molecule has 0 saturated heterocycles. The van der Waals surface area contributed by atoms with Crippen LogP contribution in [0.3, 0.4) is 0 Å². The summed E-state index contributed by atoms with van der Waals surface area (Å²) in [7, 11) is -3.72. The van der Waals surface area contributed by atoms with E-state index in [0.717, 1.165) is 22.5 Å². The highest BCUT2D eigenvalue weighted by Gasteiger charge is 2.17. The molecule has 0 aliphatic heterocycles. The summed E-state index contributed by atoms with van der Waals surface area (Å²) in [6, 6.07) is 17.4. The lowest BCUT2D eigenvalue weighted by Gasteiger charge is -2.09. The highest BCUT2D eigenvalue weighted by molar-refractivity contribution is 7.98. The molecular formula is C23H19Cl3N2O3S3. The Hall–Kier alpha value is -1.52. The van der Waals surface area contributed by atoms with Gasteiger partial charge in [-0.05, 0) is 47.5 Å². The first kappa shape index (κ1) is 25.6. The molecular weight excluding hydrogens is 555 g/mol. The van der Waals surface area contributed by atoms with Crippen LogP contribution in [-0.4, -0.2) is 25.3 Å². The lowest BCUT2D eigenvalue weighted by atomic mass is 10.2. The molecule has 178 valence electrons. The van der Waals surface area contributed by atoms with Gasteiger partial charge in [0.25, 0.3) is 0 Å². The van der Waals surface area contributed by atoms with Crippen LogP contribution in [0, 0.1) is 0 Å². The second-order valence-electron chi connectivity index (χ2n) is 7.33. The predicted octanol–water partition coefficient (Wildman–Crippen LogP) is 6.28. The van der Waals surface area contributed by atoms with Gasteiger partial charge in [0.1, 0.15) is 0 Å². The smallest absolute Gasteiger partial charge is 0.294 e. The molecule has 1 N–H and O–H groups in total. The minimum absolute atomic E-state index is 0.116. The zero-order valence-corrected chi connectivity index (χ0v) is 22.3. The fourth-order valence-corrected chi connectivity index (χ4v) is 7.32. The Morgan fingerprint density at radius 1 is 0.941 bits per heavy atom. The van der Waals surface area contributed by atoms with Crippen LogP contribution in [-0.2, 0) is 22.3 Å². The third-order valence-corrected chi connectivity index (χ3v) is 9.55. The number of thiazole rings is 1. The van der Waals surface area contributed by atoms with Gasteiger partial charge in [0.2, 0.25) is 10.0 Å². The summed E-state index contributed by atoms with van der Waals surface area (Å²) in [5.74, 6) is 1.13. The molecule has 0 spiro atoms. The molecule has 34 heavy (non-hydrogen) atoms. The maximum atomic E-state index is 12.8. The van der Waals surface area contributed by atoms with Crippen molar-refractivity contribution in [1.82, 2.24) is 9.29 Å². The molecule has 0 atom stereocenters. The number of nitrogens with one attached hydrogen (secondary N) is 1. The standard InChI is InChI=1S/C23H19Cl3N2O3S3/c24-18-5-2-1-4-15(18)13-28-21-9-8-16(12-22(21)33-23(28)29)34(30,31)27-10-11-32-14-17-19(25)6-3-7-20(17)26/h1-9,12,27H,10-11,13-14H2. The van der Waals surface area contributed by atoms with Crippen molar-refractivity contribution in [3.8, 4) is 0 Å². The molecule has 0 aliphatic carbocycles. The van der Waals surface area contributed by atoms with Gasteiger partial charge in [0.15, 0.2) is 0 Å². The number of hydrogen-bond acceptors (Lipinski definition) is 5.